The number of halogens is 1. The maximum atomic E-state index is 11.9. The second-order valence-corrected chi connectivity index (χ2v) is 5.14. The molecule has 1 amide bonds. The fourth-order valence-electron chi connectivity index (χ4n) is 1.84. The van der Waals surface area contributed by atoms with Crippen molar-refractivity contribution in [3.8, 4) is 5.75 Å². The molecule has 0 aliphatic carbocycles. The summed E-state index contributed by atoms with van der Waals surface area (Å²) in [5, 5.41) is 3.47. The Bertz CT molecular complexity index is 612. The predicted molar refractivity (Wildman–Crippen MR) is 86.3 cm³/mol. The first-order valence-corrected chi connectivity index (χ1v) is 6.88. The third-order valence-electron chi connectivity index (χ3n) is 2.84. The molecule has 0 heterocycles. The second-order valence-electron chi connectivity index (χ2n) is 4.70. The number of benzene rings is 2. The Morgan fingerprint density at radius 1 is 1.14 bits per heavy atom. The Kier molecular flexibility index (Phi) is 5.06. The fourth-order valence-corrected chi connectivity index (χ4v) is 1.96. The monoisotopic (exact) mass is 304 g/mol. The number of nitrogens with zero attached hydrogens (tertiary/aromatic N) is 1. The van der Waals surface area contributed by atoms with Gasteiger partial charge in [0.2, 0.25) is 0 Å². The second kappa shape index (κ2) is 6.99. The van der Waals surface area contributed by atoms with Gasteiger partial charge in [0.1, 0.15) is 5.75 Å². The molecular formula is C16H17ClN2O2. The summed E-state index contributed by atoms with van der Waals surface area (Å²) in [6.07, 6.45) is 0. The summed E-state index contributed by atoms with van der Waals surface area (Å²) in [6.45, 7) is -0.0522. The molecule has 2 rings (SSSR count). The summed E-state index contributed by atoms with van der Waals surface area (Å²) in [7, 11) is 3.85. The lowest BCUT2D eigenvalue weighted by atomic mass is 10.2. The third-order valence-corrected chi connectivity index (χ3v) is 3.10. The number of para-hydroxylation sites is 2. The number of hydrogen-bond acceptors (Lipinski definition) is 3. The van der Waals surface area contributed by atoms with Crippen LogP contribution in [0.2, 0.25) is 5.02 Å². The zero-order valence-electron chi connectivity index (χ0n) is 12.0. The van der Waals surface area contributed by atoms with Gasteiger partial charge in [0, 0.05) is 19.1 Å². The number of ether oxygens (including phenoxy) is 1. The van der Waals surface area contributed by atoms with Gasteiger partial charge in [-0.1, -0.05) is 23.7 Å². The standard InChI is InChI=1S/C16H17ClN2O2/c1-19(2)15-6-4-3-5-14(15)18-16(20)11-21-13-9-7-12(17)8-10-13/h3-10H,11H2,1-2H3,(H,18,20). The molecule has 0 saturated carbocycles. The first-order chi connectivity index (χ1) is 10.1. The number of carbonyl (C=O) groups is 1. The van der Waals surface area contributed by atoms with E-state index in [0.29, 0.717) is 10.8 Å². The molecule has 2 aromatic rings. The van der Waals surface area contributed by atoms with Gasteiger partial charge in [-0.05, 0) is 36.4 Å². The van der Waals surface area contributed by atoms with E-state index in [2.05, 4.69) is 5.32 Å². The van der Waals surface area contributed by atoms with Crippen LogP contribution in [0.25, 0.3) is 0 Å². The molecule has 0 unspecified atom stereocenters. The lowest BCUT2D eigenvalue weighted by Crippen LogP contribution is -2.22. The smallest absolute Gasteiger partial charge is 0.262 e. The zero-order valence-corrected chi connectivity index (χ0v) is 12.7. The Labute approximate surface area is 129 Å². The lowest BCUT2D eigenvalue weighted by molar-refractivity contribution is -0.118. The molecule has 0 aliphatic heterocycles. The van der Waals surface area contributed by atoms with Crippen LogP contribution in [-0.4, -0.2) is 26.6 Å². The zero-order chi connectivity index (χ0) is 15.2. The maximum absolute atomic E-state index is 11.9. The molecule has 0 atom stereocenters. The van der Waals surface area contributed by atoms with E-state index in [4.69, 9.17) is 16.3 Å². The van der Waals surface area contributed by atoms with E-state index in [1.807, 2.05) is 43.3 Å². The highest BCUT2D eigenvalue weighted by atomic mass is 35.5. The van der Waals surface area contributed by atoms with Crippen molar-refractivity contribution in [2.24, 2.45) is 0 Å². The van der Waals surface area contributed by atoms with Gasteiger partial charge in [0.25, 0.3) is 5.91 Å². The lowest BCUT2D eigenvalue weighted by Gasteiger charge is -2.17. The molecule has 110 valence electrons. The van der Waals surface area contributed by atoms with E-state index >= 15 is 0 Å². The van der Waals surface area contributed by atoms with Crippen LogP contribution in [0, 0.1) is 0 Å². The van der Waals surface area contributed by atoms with Gasteiger partial charge >= 0.3 is 0 Å². The Morgan fingerprint density at radius 2 is 1.81 bits per heavy atom. The SMILES string of the molecule is CN(C)c1ccccc1NC(=O)COc1ccc(Cl)cc1. The summed E-state index contributed by atoms with van der Waals surface area (Å²) in [6, 6.07) is 14.5. The molecule has 0 aromatic heterocycles. The number of anilines is 2. The number of amides is 1. The first kappa shape index (κ1) is 15.2. The van der Waals surface area contributed by atoms with E-state index in [-0.39, 0.29) is 12.5 Å². The van der Waals surface area contributed by atoms with Gasteiger partial charge in [0.15, 0.2) is 6.61 Å². The normalized spacial score (nSPS) is 10.0. The van der Waals surface area contributed by atoms with Crippen molar-refractivity contribution in [2.75, 3.05) is 30.9 Å². The molecule has 5 heteroatoms. The number of hydrogen-bond donors (Lipinski definition) is 1. The number of carbonyl (C=O) groups excluding carboxylic acids is 1. The van der Waals surface area contributed by atoms with Crippen molar-refractivity contribution in [1.82, 2.24) is 0 Å². The molecule has 4 nitrogen and oxygen atoms in total. The summed E-state index contributed by atoms with van der Waals surface area (Å²) in [4.78, 5) is 13.9. The van der Waals surface area contributed by atoms with Crippen LogP contribution >= 0.6 is 11.6 Å². The van der Waals surface area contributed by atoms with Crippen LogP contribution in [0.3, 0.4) is 0 Å². The molecule has 0 spiro atoms. The Balaban J connectivity index is 1.94. The van der Waals surface area contributed by atoms with E-state index in [1.165, 1.54) is 0 Å². The summed E-state index contributed by atoms with van der Waals surface area (Å²) >= 11 is 5.79. The molecule has 0 bridgehead atoms. The van der Waals surface area contributed by atoms with Crippen molar-refractivity contribution in [3.63, 3.8) is 0 Å². The minimum atomic E-state index is -0.209. The van der Waals surface area contributed by atoms with Crippen LogP contribution < -0.4 is 15.0 Å². The van der Waals surface area contributed by atoms with Gasteiger partial charge in [-0.3, -0.25) is 4.79 Å². The van der Waals surface area contributed by atoms with Crippen LogP contribution in [-0.2, 0) is 4.79 Å². The van der Waals surface area contributed by atoms with E-state index in [9.17, 15) is 4.79 Å². The van der Waals surface area contributed by atoms with Crippen LogP contribution in [0.1, 0.15) is 0 Å². The average Bonchev–Trinajstić information content (AvgIpc) is 2.47. The van der Waals surface area contributed by atoms with Crippen molar-refractivity contribution in [3.05, 3.63) is 53.6 Å². The van der Waals surface area contributed by atoms with Gasteiger partial charge in [-0.15, -0.1) is 0 Å². The summed E-state index contributed by atoms with van der Waals surface area (Å²) in [5.41, 5.74) is 1.70. The Hall–Kier alpha value is -2.20. The molecule has 0 radical (unpaired) electrons. The average molecular weight is 305 g/mol. The minimum Gasteiger partial charge on any atom is -0.484 e. The maximum Gasteiger partial charge on any atom is 0.262 e. The van der Waals surface area contributed by atoms with Crippen LogP contribution in [0.15, 0.2) is 48.5 Å². The molecular weight excluding hydrogens is 288 g/mol. The summed E-state index contributed by atoms with van der Waals surface area (Å²) in [5.74, 6) is 0.398. The first-order valence-electron chi connectivity index (χ1n) is 6.51. The third kappa shape index (κ3) is 4.39. The van der Waals surface area contributed by atoms with Crippen LogP contribution in [0.4, 0.5) is 11.4 Å². The van der Waals surface area contributed by atoms with Gasteiger partial charge in [0.05, 0.1) is 11.4 Å². The van der Waals surface area contributed by atoms with Crippen molar-refractivity contribution >= 4 is 28.9 Å². The fraction of sp³-hybridized carbons (Fsp3) is 0.188. The van der Waals surface area contributed by atoms with E-state index < -0.39 is 0 Å². The predicted octanol–water partition coefficient (Wildman–Crippen LogP) is 3.42. The van der Waals surface area contributed by atoms with Gasteiger partial charge < -0.3 is 15.0 Å². The molecule has 1 N–H and O–H groups in total. The van der Waals surface area contributed by atoms with Crippen molar-refractivity contribution < 1.29 is 9.53 Å². The van der Waals surface area contributed by atoms with Gasteiger partial charge in [-0.2, -0.15) is 0 Å². The Morgan fingerprint density at radius 3 is 2.48 bits per heavy atom. The van der Waals surface area contributed by atoms with E-state index in [1.54, 1.807) is 24.3 Å². The molecule has 0 saturated heterocycles. The van der Waals surface area contributed by atoms with E-state index in [0.717, 1.165) is 11.4 Å². The van der Waals surface area contributed by atoms with Gasteiger partial charge in [-0.25, -0.2) is 0 Å². The molecule has 0 fully saturated rings. The quantitative estimate of drug-likeness (QED) is 0.920. The molecule has 0 aliphatic rings. The topological polar surface area (TPSA) is 41.6 Å². The van der Waals surface area contributed by atoms with Crippen LogP contribution in [0.5, 0.6) is 5.75 Å². The number of rotatable bonds is 5. The number of nitrogens with one attached hydrogen (secondary N) is 1. The molecule has 21 heavy (non-hydrogen) atoms. The molecule has 2 aromatic carbocycles. The highest BCUT2D eigenvalue weighted by Crippen LogP contribution is 2.23. The largest absolute Gasteiger partial charge is 0.484 e. The highest BCUT2D eigenvalue weighted by molar-refractivity contribution is 6.30. The minimum absolute atomic E-state index is 0.0522. The summed E-state index contributed by atoms with van der Waals surface area (Å²) < 4.78 is 5.41. The van der Waals surface area contributed by atoms with Crippen molar-refractivity contribution in [1.29, 1.82) is 0 Å². The van der Waals surface area contributed by atoms with Crippen molar-refractivity contribution in [2.45, 2.75) is 0 Å². The highest BCUT2D eigenvalue weighted by Gasteiger charge is 2.08.